The van der Waals surface area contributed by atoms with Gasteiger partial charge in [0.1, 0.15) is 17.2 Å². The normalized spacial score (nSPS) is 19.9. The maximum atomic E-state index is 13.5. The number of carbonyl (C=O) groups excluding carboxylic acids is 2. The number of aliphatic hydroxyl groups excluding tert-OH is 2. The lowest BCUT2D eigenvalue weighted by atomic mass is 9.97. The molecule has 3 heterocycles. The van der Waals surface area contributed by atoms with Crippen LogP contribution >= 0.6 is 11.6 Å². The molecule has 1 aromatic heterocycles. The highest BCUT2D eigenvalue weighted by Crippen LogP contribution is 2.42. The largest absolute Gasteiger partial charge is 0.502 e. The monoisotopic (exact) mass is 493 g/mol. The lowest BCUT2D eigenvalue weighted by Crippen LogP contribution is -2.44. The molecule has 1 atom stereocenters. The molecule has 34 heavy (non-hydrogen) atoms. The molecule has 2 aromatic rings. The Hall–Kier alpha value is -2.95. The van der Waals surface area contributed by atoms with Crippen molar-refractivity contribution < 1.29 is 29.3 Å². The second kappa shape index (κ2) is 9.01. The number of nitrogens with zero attached hydrogens (tertiary/aromatic N) is 3. The van der Waals surface area contributed by atoms with Gasteiger partial charge in [0.25, 0.3) is 17.4 Å². The average Bonchev–Trinajstić information content (AvgIpc) is 2.90. The van der Waals surface area contributed by atoms with Crippen molar-refractivity contribution in [3.8, 4) is 5.75 Å². The van der Waals surface area contributed by atoms with Crippen molar-refractivity contribution >= 4 is 29.2 Å². The van der Waals surface area contributed by atoms with Crippen molar-refractivity contribution in [1.29, 1.82) is 0 Å². The molecular weight excluding hydrogens is 469 g/mol. The number of anilines is 1. The summed E-state index contributed by atoms with van der Waals surface area (Å²) in [4.78, 5) is 42.8. The average molecular weight is 494 g/mol. The fourth-order valence-electron chi connectivity index (χ4n) is 4.85. The van der Waals surface area contributed by atoms with Crippen molar-refractivity contribution in [3.63, 3.8) is 0 Å². The predicted octanol–water partition coefficient (Wildman–Crippen LogP) is 1.37. The molecule has 9 nitrogen and oxygen atoms in total. The Morgan fingerprint density at radius 1 is 1.18 bits per heavy atom. The maximum Gasteiger partial charge on any atom is 0.296 e. The summed E-state index contributed by atoms with van der Waals surface area (Å²) >= 11 is 5.86. The van der Waals surface area contributed by atoms with E-state index in [2.05, 4.69) is 0 Å². The standard InChI is InChI=1S/C23H25ClFN3O6/c1-23(6-9-29)22(34)27(8-10-30)19-14-3-2-7-26(12-13-4-5-16(25)15(24)11-13)20(32)17(14)18(31)21(33)28(19)23/h4-5,11,29-31H,2-3,6-10,12H2,1H3. The van der Waals surface area contributed by atoms with Gasteiger partial charge in [-0.1, -0.05) is 17.7 Å². The van der Waals surface area contributed by atoms with Crippen LogP contribution in [0.3, 0.4) is 0 Å². The molecule has 3 N–H and O–H groups in total. The Morgan fingerprint density at radius 2 is 1.91 bits per heavy atom. The van der Waals surface area contributed by atoms with E-state index in [1.165, 1.54) is 34.9 Å². The molecule has 0 radical (unpaired) electrons. The van der Waals surface area contributed by atoms with E-state index in [4.69, 9.17) is 11.6 Å². The molecule has 0 saturated heterocycles. The van der Waals surface area contributed by atoms with E-state index in [9.17, 15) is 34.1 Å². The van der Waals surface area contributed by atoms with Crippen LogP contribution < -0.4 is 10.5 Å². The van der Waals surface area contributed by atoms with Gasteiger partial charge in [0.05, 0.1) is 23.7 Å². The van der Waals surface area contributed by atoms with Crippen LogP contribution in [0.25, 0.3) is 0 Å². The van der Waals surface area contributed by atoms with E-state index in [1.807, 2.05) is 0 Å². The molecule has 0 aliphatic carbocycles. The molecule has 2 aliphatic rings. The fraction of sp³-hybridized carbons (Fsp3) is 0.435. The lowest BCUT2D eigenvalue weighted by Gasteiger charge is -2.25. The van der Waals surface area contributed by atoms with E-state index in [0.29, 0.717) is 17.5 Å². The van der Waals surface area contributed by atoms with Gasteiger partial charge in [0.15, 0.2) is 5.75 Å². The molecule has 2 aliphatic heterocycles. The third kappa shape index (κ3) is 3.66. The van der Waals surface area contributed by atoms with Gasteiger partial charge in [0, 0.05) is 31.7 Å². The highest BCUT2D eigenvalue weighted by molar-refractivity contribution is 6.30. The number of aromatic nitrogens is 1. The van der Waals surface area contributed by atoms with Crippen LogP contribution in [0.4, 0.5) is 10.2 Å². The van der Waals surface area contributed by atoms with Crippen molar-refractivity contribution in [3.05, 3.63) is 56.1 Å². The number of hydrogen-bond donors (Lipinski definition) is 3. The molecule has 11 heteroatoms. The minimum Gasteiger partial charge on any atom is -0.502 e. The topological polar surface area (TPSA) is 123 Å². The van der Waals surface area contributed by atoms with Crippen molar-refractivity contribution in [2.24, 2.45) is 0 Å². The summed E-state index contributed by atoms with van der Waals surface area (Å²) in [6.45, 7) is 0.988. The Morgan fingerprint density at radius 3 is 2.56 bits per heavy atom. The number of benzene rings is 1. The van der Waals surface area contributed by atoms with E-state index in [1.54, 1.807) is 0 Å². The molecule has 0 fully saturated rings. The molecule has 0 saturated carbocycles. The Kier molecular flexibility index (Phi) is 6.41. The summed E-state index contributed by atoms with van der Waals surface area (Å²) in [5, 5.41) is 29.9. The highest BCUT2D eigenvalue weighted by Gasteiger charge is 2.50. The van der Waals surface area contributed by atoms with E-state index >= 15 is 0 Å². The van der Waals surface area contributed by atoms with Crippen LogP contribution in [0.1, 0.15) is 41.3 Å². The van der Waals surface area contributed by atoms with Crippen LogP contribution in [0, 0.1) is 5.82 Å². The van der Waals surface area contributed by atoms with Crippen LogP contribution in [0.15, 0.2) is 23.0 Å². The first-order valence-electron chi connectivity index (χ1n) is 10.9. The molecule has 1 unspecified atom stereocenters. The first kappa shape index (κ1) is 24.2. The van der Waals surface area contributed by atoms with Crippen LogP contribution in [-0.2, 0) is 23.3 Å². The van der Waals surface area contributed by atoms with Gasteiger partial charge >= 0.3 is 0 Å². The Labute approximate surface area is 199 Å². The van der Waals surface area contributed by atoms with Gasteiger partial charge in [0.2, 0.25) is 0 Å². The summed E-state index contributed by atoms with van der Waals surface area (Å²) in [5.74, 6) is -2.30. The number of aliphatic hydroxyl groups is 2. The van der Waals surface area contributed by atoms with Gasteiger partial charge in [-0.3, -0.25) is 23.9 Å². The summed E-state index contributed by atoms with van der Waals surface area (Å²) in [7, 11) is 0. The molecule has 2 amide bonds. The van der Waals surface area contributed by atoms with Gasteiger partial charge in [-0.15, -0.1) is 0 Å². The van der Waals surface area contributed by atoms with E-state index in [0.717, 1.165) is 4.57 Å². The van der Waals surface area contributed by atoms with E-state index < -0.39 is 34.5 Å². The summed E-state index contributed by atoms with van der Waals surface area (Å²) < 4.78 is 14.7. The third-order valence-corrected chi connectivity index (χ3v) is 6.81. The first-order chi connectivity index (χ1) is 16.2. The number of fused-ring (bicyclic) bond motifs is 3. The van der Waals surface area contributed by atoms with Crippen molar-refractivity contribution in [2.75, 3.05) is 31.2 Å². The van der Waals surface area contributed by atoms with Crippen molar-refractivity contribution in [1.82, 2.24) is 9.47 Å². The quantitative estimate of drug-likeness (QED) is 0.558. The molecule has 0 bridgehead atoms. The second-order valence-electron chi connectivity index (χ2n) is 8.67. The van der Waals surface area contributed by atoms with E-state index in [-0.39, 0.29) is 62.1 Å². The minimum atomic E-state index is -1.47. The molecule has 182 valence electrons. The van der Waals surface area contributed by atoms with Gasteiger partial charge < -0.3 is 20.2 Å². The Balaban J connectivity index is 1.86. The number of aromatic hydroxyl groups is 1. The zero-order valence-electron chi connectivity index (χ0n) is 18.6. The second-order valence-corrected chi connectivity index (χ2v) is 9.08. The number of pyridine rings is 1. The number of rotatable bonds is 6. The minimum absolute atomic E-state index is 0.0791. The number of amides is 2. The van der Waals surface area contributed by atoms with Gasteiger partial charge in [-0.05, 0) is 37.5 Å². The fourth-order valence-corrected chi connectivity index (χ4v) is 5.05. The van der Waals surface area contributed by atoms with Gasteiger partial charge in [-0.2, -0.15) is 0 Å². The lowest BCUT2D eigenvalue weighted by molar-refractivity contribution is -0.125. The summed E-state index contributed by atoms with van der Waals surface area (Å²) in [6.07, 6.45) is 0.676. The SMILES string of the molecule is CC1(CCO)C(=O)N(CCO)c2c3c(c(O)c(=O)n21)C(=O)N(Cc1ccc(F)c(Cl)c1)CCC3. The molecule has 1 aromatic carbocycles. The third-order valence-electron chi connectivity index (χ3n) is 6.52. The summed E-state index contributed by atoms with van der Waals surface area (Å²) in [5.41, 5.74) is -1.66. The number of hydrogen-bond acceptors (Lipinski definition) is 6. The molecule has 0 spiro atoms. The van der Waals surface area contributed by atoms with Crippen LogP contribution in [0.5, 0.6) is 5.75 Å². The number of halogens is 2. The number of β-amino-alcohol motifs (C(OH)–C–C–N with tert-alkyl or cyclic N) is 1. The zero-order valence-corrected chi connectivity index (χ0v) is 19.3. The van der Waals surface area contributed by atoms with Crippen LogP contribution in [0.2, 0.25) is 5.02 Å². The Bertz CT molecular complexity index is 1230. The smallest absolute Gasteiger partial charge is 0.296 e. The summed E-state index contributed by atoms with van der Waals surface area (Å²) in [6, 6.07) is 4.11. The molecular formula is C23H25ClFN3O6. The first-order valence-corrected chi connectivity index (χ1v) is 11.3. The van der Waals surface area contributed by atoms with Crippen LogP contribution in [-0.4, -0.2) is 62.9 Å². The highest BCUT2D eigenvalue weighted by atomic mass is 35.5. The number of carbonyl (C=O) groups is 2. The molecule has 4 rings (SSSR count). The zero-order chi connectivity index (χ0) is 24.8. The predicted molar refractivity (Wildman–Crippen MR) is 122 cm³/mol. The maximum absolute atomic E-state index is 13.5. The van der Waals surface area contributed by atoms with Crippen molar-refractivity contribution in [2.45, 2.75) is 38.3 Å². The van der Waals surface area contributed by atoms with Gasteiger partial charge in [-0.25, -0.2) is 4.39 Å².